The number of nitrogens with one attached hydrogen (secondary N) is 3. The molecular formula is C16H23N5O. The number of hydrogen-bond acceptors (Lipinski definition) is 5. The molecule has 6 heteroatoms. The van der Waals surface area contributed by atoms with E-state index in [2.05, 4.69) is 20.5 Å². The maximum Gasteiger partial charge on any atom is 0.238 e. The number of carbonyl (C=O) groups excluding carboxylic acids is 1. The van der Waals surface area contributed by atoms with Crippen molar-refractivity contribution in [3.63, 3.8) is 0 Å². The molecule has 1 amide bonds. The highest BCUT2D eigenvalue weighted by molar-refractivity contribution is 5.92. The van der Waals surface area contributed by atoms with Gasteiger partial charge in [-0.05, 0) is 37.9 Å². The molecular weight excluding hydrogens is 278 g/mol. The van der Waals surface area contributed by atoms with Crippen molar-refractivity contribution < 1.29 is 4.79 Å². The van der Waals surface area contributed by atoms with E-state index < -0.39 is 0 Å². The zero-order chi connectivity index (χ0) is 15.9. The van der Waals surface area contributed by atoms with Gasteiger partial charge in [0.1, 0.15) is 0 Å². The predicted molar refractivity (Wildman–Crippen MR) is 89.6 cm³/mol. The molecule has 1 aliphatic heterocycles. The van der Waals surface area contributed by atoms with Gasteiger partial charge in [0, 0.05) is 19.8 Å². The topological polar surface area (TPSA) is 81.1 Å². The second kappa shape index (κ2) is 7.70. The number of amides is 1. The zero-order valence-corrected chi connectivity index (χ0v) is 13.1. The Balaban J connectivity index is 1.86. The second-order valence-electron chi connectivity index (χ2n) is 5.49. The minimum absolute atomic E-state index is 0.0237. The number of nitrogens with zero attached hydrogens (tertiary/aromatic N) is 2. The summed E-state index contributed by atoms with van der Waals surface area (Å²) in [5, 5.41) is 13.0. The van der Waals surface area contributed by atoms with Crippen LogP contribution in [0.4, 0.5) is 11.4 Å². The van der Waals surface area contributed by atoms with Gasteiger partial charge in [0.2, 0.25) is 5.91 Å². The lowest BCUT2D eigenvalue weighted by atomic mass is 10.1. The molecule has 118 valence electrons. The smallest absolute Gasteiger partial charge is 0.238 e. The van der Waals surface area contributed by atoms with Crippen LogP contribution in [0.3, 0.4) is 0 Å². The van der Waals surface area contributed by atoms with E-state index in [0.717, 1.165) is 30.9 Å². The molecule has 1 aromatic heterocycles. The number of carbonyl (C=O) groups is 1. The molecule has 2 rings (SSSR count). The Morgan fingerprint density at radius 1 is 1.59 bits per heavy atom. The standard InChI is InChI=1S/C16H23N5O/c1-12-15(18-2)8-14(9-19-12)20-16(22)11-21-7-5-13(10-21)4-3-6-17/h3-4,6,8-9,13,17-18H,5,7,10-11H2,1-2H3,(H,20,22)/b4-3+,17-6?. The van der Waals surface area contributed by atoms with E-state index >= 15 is 0 Å². The average molecular weight is 301 g/mol. The van der Waals surface area contributed by atoms with Crippen LogP contribution in [0, 0.1) is 18.3 Å². The highest BCUT2D eigenvalue weighted by atomic mass is 16.2. The molecule has 1 aliphatic rings. The molecule has 1 unspecified atom stereocenters. The summed E-state index contributed by atoms with van der Waals surface area (Å²) in [5.74, 6) is 0.413. The van der Waals surface area contributed by atoms with Gasteiger partial charge in [-0.1, -0.05) is 6.08 Å². The van der Waals surface area contributed by atoms with Crippen molar-refractivity contribution in [2.45, 2.75) is 13.3 Å². The van der Waals surface area contributed by atoms with Crippen LogP contribution in [0.5, 0.6) is 0 Å². The highest BCUT2D eigenvalue weighted by Crippen LogP contribution is 2.19. The van der Waals surface area contributed by atoms with Crippen molar-refractivity contribution >= 4 is 23.5 Å². The summed E-state index contributed by atoms with van der Waals surface area (Å²) in [6, 6.07) is 1.89. The van der Waals surface area contributed by atoms with Crippen molar-refractivity contribution in [2.24, 2.45) is 5.92 Å². The van der Waals surface area contributed by atoms with Crippen molar-refractivity contribution in [1.82, 2.24) is 9.88 Å². The first-order valence-electron chi connectivity index (χ1n) is 7.46. The van der Waals surface area contributed by atoms with Crippen molar-refractivity contribution in [2.75, 3.05) is 37.3 Å². The number of anilines is 2. The molecule has 0 saturated carbocycles. The van der Waals surface area contributed by atoms with E-state index in [1.807, 2.05) is 26.1 Å². The van der Waals surface area contributed by atoms with E-state index in [4.69, 9.17) is 5.41 Å². The minimum Gasteiger partial charge on any atom is -0.387 e. The van der Waals surface area contributed by atoms with Gasteiger partial charge in [-0.3, -0.25) is 14.7 Å². The van der Waals surface area contributed by atoms with E-state index in [9.17, 15) is 4.79 Å². The lowest BCUT2D eigenvalue weighted by Crippen LogP contribution is -2.31. The molecule has 0 aliphatic carbocycles. The molecule has 0 aromatic carbocycles. The third kappa shape index (κ3) is 4.39. The van der Waals surface area contributed by atoms with Crippen LogP contribution >= 0.6 is 0 Å². The molecule has 1 saturated heterocycles. The molecule has 3 N–H and O–H groups in total. The Bertz CT molecular complexity index is 570. The first-order valence-corrected chi connectivity index (χ1v) is 7.46. The monoisotopic (exact) mass is 301 g/mol. The number of likely N-dealkylation sites (tertiary alicyclic amines) is 1. The summed E-state index contributed by atoms with van der Waals surface area (Å²) >= 11 is 0. The Labute approximate surface area is 131 Å². The quantitative estimate of drug-likeness (QED) is 0.701. The van der Waals surface area contributed by atoms with Gasteiger partial charge in [-0.15, -0.1) is 0 Å². The molecule has 6 nitrogen and oxygen atoms in total. The number of allylic oxidation sites excluding steroid dienone is 1. The number of aryl methyl sites for hydroxylation is 1. The number of hydrogen-bond donors (Lipinski definition) is 3. The minimum atomic E-state index is -0.0237. The van der Waals surface area contributed by atoms with Crippen molar-refractivity contribution in [3.05, 3.63) is 30.1 Å². The summed E-state index contributed by atoms with van der Waals surface area (Å²) < 4.78 is 0. The molecule has 0 spiro atoms. The van der Waals surface area contributed by atoms with Crippen LogP contribution in [0.25, 0.3) is 0 Å². The van der Waals surface area contributed by atoms with Crippen LogP contribution in [0.2, 0.25) is 0 Å². The molecule has 22 heavy (non-hydrogen) atoms. The largest absolute Gasteiger partial charge is 0.387 e. The molecule has 1 aromatic rings. The maximum absolute atomic E-state index is 12.1. The average Bonchev–Trinajstić information content (AvgIpc) is 2.94. The predicted octanol–water partition coefficient (Wildman–Crippen LogP) is 1.90. The molecule has 1 atom stereocenters. The number of aromatic nitrogens is 1. The van der Waals surface area contributed by atoms with Gasteiger partial charge >= 0.3 is 0 Å². The summed E-state index contributed by atoms with van der Waals surface area (Å²) in [7, 11) is 1.84. The van der Waals surface area contributed by atoms with Crippen LogP contribution in [-0.2, 0) is 4.79 Å². The third-order valence-corrected chi connectivity index (χ3v) is 3.80. The van der Waals surface area contributed by atoms with Gasteiger partial charge in [0.05, 0.1) is 29.8 Å². The van der Waals surface area contributed by atoms with E-state index in [1.165, 1.54) is 6.21 Å². The van der Waals surface area contributed by atoms with E-state index in [1.54, 1.807) is 12.3 Å². The Kier molecular flexibility index (Phi) is 5.66. The lowest BCUT2D eigenvalue weighted by Gasteiger charge is -2.15. The fraction of sp³-hybridized carbons (Fsp3) is 0.438. The highest BCUT2D eigenvalue weighted by Gasteiger charge is 2.22. The lowest BCUT2D eigenvalue weighted by molar-refractivity contribution is -0.117. The van der Waals surface area contributed by atoms with Gasteiger partial charge in [0.15, 0.2) is 0 Å². The van der Waals surface area contributed by atoms with Crippen LogP contribution in [0.1, 0.15) is 12.1 Å². The van der Waals surface area contributed by atoms with Gasteiger partial charge in [-0.25, -0.2) is 0 Å². The first kappa shape index (κ1) is 16.2. The van der Waals surface area contributed by atoms with Gasteiger partial charge in [-0.2, -0.15) is 0 Å². The fourth-order valence-electron chi connectivity index (χ4n) is 2.63. The molecule has 2 heterocycles. The summed E-state index contributed by atoms with van der Waals surface area (Å²) in [5.41, 5.74) is 2.52. The fourth-order valence-corrected chi connectivity index (χ4v) is 2.63. The maximum atomic E-state index is 12.1. The number of pyridine rings is 1. The molecule has 0 radical (unpaired) electrons. The van der Waals surface area contributed by atoms with E-state index in [0.29, 0.717) is 18.2 Å². The zero-order valence-electron chi connectivity index (χ0n) is 13.1. The molecule has 1 fully saturated rings. The third-order valence-electron chi connectivity index (χ3n) is 3.80. The summed E-state index contributed by atoms with van der Waals surface area (Å²) in [4.78, 5) is 18.5. The van der Waals surface area contributed by atoms with E-state index in [-0.39, 0.29) is 5.91 Å². The Morgan fingerprint density at radius 3 is 3.14 bits per heavy atom. The number of rotatable bonds is 6. The Morgan fingerprint density at radius 2 is 2.41 bits per heavy atom. The van der Waals surface area contributed by atoms with Crippen molar-refractivity contribution in [3.8, 4) is 0 Å². The van der Waals surface area contributed by atoms with Crippen LogP contribution in [0.15, 0.2) is 24.4 Å². The summed E-state index contributed by atoms with van der Waals surface area (Å²) in [6.07, 6.45) is 7.79. The van der Waals surface area contributed by atoms with Gasteiger partial charge in [0.25, 0.3) is 0 Å². The first-order chi connectivity index (χ1) is 10.6. The summed E-state index contributed by atoms with van der Waals surface area (Å²) in [6.45, 7) is 4.08. The van der Waals surface area contributed by atoms with Crippen LogP contribution in [-0.4, -0.2) is 48.7 Å². The second-order valence-corrected chi connectivity index (χ2v) is 5.49. The van der Waals surface area contributed by atoms with Crippen LogP contribution < -0.4 is 10.6 Å². The molecule has 0 bridgehead atoms. The van der Waals surface area contributed by atoms with Crippen molar-refractivity contribution in [1.29, 1.82) is 5.41 Å². The Hall–Kier alpha value is -2.21. The SMILES string of the molecule is CNc1cc(NC(=O)CN2CCC(/C=C/C=N)C2)cnc1C. The van der Waals surface area contributed by atoms with Gasteiger partial charge < -0.3 is 16.0 Å². The normalized spacial score (nSPS) is 18.5.